The van der Waals surface area contributed by atoms with Crippen molar-refractivity contribution in [3.63, 3.8) is 0 Å². The fourth-order valence-electron chi connectivity index (χ4n) is 3.11. The summed E-state index contributed by atoms with van der Waals surface area (Å²) in [7, 11) is 0. The molecule has 1 aromatic heterocycles. The van der Waals surface area contributed by atoms with Crippen LogP contribution >= 0.6 is 11.8 Å². The molecule has 2 amide bonds. The molecule has 1 N–H and O–H groups in total. The number of hydrogen-bond donors (Lipinski definition) is 1. The summed E-state index contributed by atoms with van der Waals surface area (Å²) in [5.41, 5.74) is 3.49. The molecule has 0 saturated carbocycles. The van der Waals surface area contributed by atoms with Crippen molar-refractivity contribution in [2.24, 2.45) is 0 Å². The Labute approximate surface area is 143 Å². The van der Waals surface area contributed by atoms with E-state index in [0.29, 0.717) is 6.42 Å². The predicted molar refractivity (Wildman–Crippen MR) is 96.1 cm³/mol. The Bertz CT molecular complexity index is 918. The summed E-state index contributed by atoms with van der Waals surface area (Å²) >= 11 is 1.08. The lowest BCUT2D eigenvalue weighted by atomic mass is 10.0. The number of nitrogens with one attached hydrogen (secondary N) is 1. The summed E-state index contributed by atoms with van der Waals surface area (Å²) in [4.78, 5) is 23.2. The number of carbonyl (C=O) groups is 2. The lowest BCUT2D eigenvalue weighted by Gasteiger charge is -2.09. The molecule has 0 radical (unpaired) electrons. The number of fused-ring (bicyclic) bond motifs is 1. The average Bonchev–Trinajstić information content (AvgIpc) is 3.13. The Morgan fingerprint density at radius 1 is 1.00 bits per heavy atom. The Balaban J connectivity index is 1.64. The summed E-state index contributed by atoms with van der Waals surface area (Å²) in [6, 6.07) is 18.5. The number of carbonyl (C=O) groups excluding carboxylic acids is 2. The molecule has 2 heterocycles. The highest BCUT2D eigenvalue weighted by atomic mass is 32.2. The van der Waals surface area contributed by atoms with Crippen LogP contribution in [0.25, 0.3) is 10.9 Å². The van der Waals surface area contributed by atoms with Crippen LogP contribution in [0.2, 0.25) is 0 Å². The number of thioether (sulfide) groups is 1. The number of rotatable bonds is 4. The van der Waals surface area contributed by atoms with Gasteiger partial charge in [-0.15, -0.1) is 0 Å². The lowest BCUT2D eigenvalue weighted by molar-refractivity contribution is -0.118. The van der Waals surface area contributed by atoms with Gasteiger partial charge in [0.2, 0.25) is 5.91 Å². The summed E-state index contributed by atoms with van der Waals surface area (Å²) < 4.78 is 2.21. The zero-order valence-electron chi connectivity index (χ0n) is 12.9. The fraction of sp³-hybridized carbons (Fsp3) is 0.158. The first-order valence-corrected chi connectivity index (χ1v) is 8.71. The number of benzene rings is 2. The van der Waals surface area contributed by atoms with Crippen molar-refractivity contribution in [1.29, 1.82) is 0 Å². The first-order valence-electron chi connectivity index (χ1n) is 7.83. The monoisotopic (exact) mass is 336 g/mol. The second-order valence-corrected chi connectivity index (χ2v) is 7.04. The second kappa shape index (κ2) is 6.17. The lowest BCUT2D eigenvalue weighted by Crippen LogP contribution is -2.25. The molecule has 1 saturated heterocycles. The van der Waals surface area contributed by atoms with Crippen LogP contribution in [0.4, 0.5) is 4.79 Å². The van der Waals surface area contributed by atoms with E-state index < -0.39 is 0 Å². The van der Waals surface area contributed by atoms with E-state index in [1.54, 1.807) is 0 Å². The van der Waals surface area contributed by atoms with E-state index in [2.05, 4.69) is 40.3 Å². The third kappa shape index (κ3) is 2.83. The van der Waals surface area contributed by atoms with Crippen molar-refractivity contribution in [1.82, 2.24) is 9.88 Å². The van der Waals surface area contributed by atoms with Crippen LogP contribution in [0.15, 0.2) is 60.8 Å². The molecular weight excluding hydrogens is 320 g/mol. The molecule has 3 aromatic rings. The third-order valence-corrected chi connectivity index (χ3v) is 5.25. The summed E-state index contributed by atoms with van der Waals surface area (Å²) in [5, 5.41) is 2.91. The highest BCUT2D eigenvalue weighted by molar-refractivity contribution is 8.15. The van der Waals surface area contributed by atoms with Crippen LogP contribution in [0.5, 0.6) is 0 Å². The molecule has 1 aliphatic rings. The highest BCUT2D eigenvalue weighted by Crippen LogP contribution is 2.27. The average molecular weight is 336 g/mol. The summed E-state index contributed by atoms with van der Waals surface area (Å²) in [6.45, 7) is 0.810. The fourth-order valence-corrected chi connectivity index (χ4v) is 3.96. The van der Waals surface area contributed by atoms with E-state index in [9.17, 15) is 9.59 Å². The zero-order valence-corrected chi connectivity index (χ0v) is 13.8. The molecule has 1 aliphatic heterocycles. The van der Waals surface area contributed by atoms with Crippen LogP contribution in [-0.4, -0.2) is 21.0 Å². The van der Waals surface area contributed by atoms with Crippen LogP contribution in [-0.2, 0) is 17.8 Å². The van der Waals surface area contributed by atoms with E-state index in [1.807, 2.05) is 30.3 Å². The minimum absolute atomic E-state index is 0.189. The largest absolute Gasteiger partial charge is 0.343 e. The van der Waals surface area contributed by atoms with Gasteiger partial charge in [-0.25, -0.2) is 0 Å². The molecule has 2 aromatic carbocycles. The highest BCUT2D eigenvalue weighted by Gasteiger charge is 2.31. The van der Waals surface area contributed by atoms with Crippen molar-refractivity contribution in [2.75, 3.05) is 0 Å². The van der Waals surface area contributed by atoms with Crippen LogP contribution in [0.1, 0.15) is 11.1 Å². The standard InChI is InChI=1S/C19H16N2O2S/c22-18-17(24-19(23)20-18)11-14-7-4-8-16-15(14)9-10-21(16)12-13-5-2-1-3-6-13/h1-10,17H,11-12H2,(H,20,22,23). The van der Waals surface area contributed by atoms with E-state index >= 15 is 0 Å². The van der Waals surface area contributed by atoms with Gasteiger partial charge in [0.15, 0.2) is 0 Å². The first kappa shape index (κ1) is 15.0. The summed E-state index contributed by atoms with van der Waals surface area (Å²) in [5.74, 6) is -0.189. The number of hydrogen-bond acceptors (Lipinski definition) is 3. The quantitative estimate of drug-likeness (QED) is 0.792. The molecule has 24 heavy (non-hydrogen) atoms. The Morgan fingerprint density at radius 2 is 1.83 bits per heavy atom. The second-order valence-electron chi connectivity index (χ2n) is 5.87. The van der Waals surface area contributed by atoms with Gasteiger partial charge in [0.25, 0.3) is 5.24 Å². The SMILES string of the molecule is O=C1NC(=O)C(Cc2cccc3c2ccn3Cc2ccccc2)S1. The van der Waals surface area contributed by atoms with Crippen molar-refractivity contribution in [3.8, 4) is 0 Å². The van der Waals surface area contributed by atoms with Gasteiger partial charge in [0.05, 0.1) is 5.25 Å². The Hall–Kier alpha value is -2.53. The molecule has 5 heteroatoms. The minimum Gasteiger partial charge on any atom is -0.343 e. The smallest absolute Gasteiger partial charge is 0.286 e. The van der Waals surface area contributed by atoms with Crippen LogP contribution in [0, 0.1) is 0 Å². The molecule has 120 valence electrons. The zero-order chi connectivity index (χ0) is 16.5. The van der Waals surface area contributed by atoms with Gasteiger partial charge in [0, 0.05) is 23.6 Å². The van der Waals surface area contributed by atoms with Crippen molar-refractivity contribution in [3.05, 3.63) is 71.9 Å². The first-order chi connectivity index (χ1) is 11.7. The maximum atomic E-state index is 11.8. The van der Waals surface area contributed by atoms with Crippen LogP contribution < -0.4 is 5.32 Å². The molecular formula is C19H16N2O2S. The van der Waals surface area contributed by atoms with Gasteiger partial charge in [-0.2, -0.15) is 0 Å². The van der Waals surface area contributed by atoms with Crippen LogP contribution in [0.3, 0.4) is 0 Å². The van der Waals surface area contributed by atoms with Gasteiger partial charge in [0.1, 0.15) is 0 Å². The van der Waals surface area contributed by atoms with Gasteiger partial charge in [-0.05, 0) is 29.7 Å². The van der Waals surface area contributed by atoms with Crippen molar-refractivity contribution < 1.29 is 9.59 Å². The Kier molecular flexibility index (Phi) is 3.86. The molecule has 0 spiro atoms. The third-order valence-electron chi connectivity index (χ3n) is 4.27. The number of amides is 2. The van der Waals surface area contributed by atoms with Gasteiger partial charge >= 0.3 is 0 Å². The van der Waals surface area contributed by atoms with Crippen molar-refractivity contribution in [2.45, 2.75) is 18.2 Å². The maximum absolute atomic E-state index is 11.8. The van der Waals surface area contributed by atoms with Gasteiger partial charge in [-0.3, -0.25) is 14.9 Å². The molecule has 1 unspecified atom stereocenters. The molecule has 0 aliphatic carbocycles. The van der Waals surface area contributed by atoms with E-state index in [4.69, 9.17) is 0 Å². The predicted octanol–water partition coefficient (Wildman–Crippen LogP) is 3.58. The number of aromatic nitrogens is 1. The molecule has 0 bridgehead atoms. The Morgan fingerprint density at radius 3 is 2.58 bits per heavy atom. The molecule has 1 atom stereocenters. The summed E-state index contributed by atoms with van der Waals surface area (Å²) in [6.07, 6.45) is 2.64. The maximum Gasteiger partial charge on any atom is 0.286 e. The van der Waals surface area contributed by atoms with E-state index in [0.717, 1.165) is 34.8 Å². The van der Waals surface area contributed by atoms with Gasteiger partial charge in [-0.1, -0.05) is 54.2 Å². The van der Waals surface area contributed by atoms with E-state index in [1.165, 1.54) is 5.56 Å². The van der Waals surface area contributed by atoms with E-state index in [-0.39, 0.29) is 16.4 Å². The minimum atomic E-state index is -0.333. The molecule has 4 rings (SSSR count). The van der Waals surface area contributed by atoms with Gasteiger partial charge < -0.3 is 4.57 Å². The number of imide groups is 1. The molecule has 4 nitrogen and oxygen atoms in total. The molecule has 1 fully saturated rings. The number of nitrogens with zero attached hydrogens (tertiary/aromatic N) is 1. The topological polar surface area (TPSA) is 51.1 Å². The van der Waals surface area contributed by atoms with Crippen molar-refractivity contribution >= 4 is 33.8 Å². The normalized spacial score (nSPS) is 17.4.